The van der Waals surface area contributed by atoms with Crippen molar-refractivity contribution in [3.8, 4) is 6.07 Å². The lowest BCUT2D eigenvalue weighted by molar-refractivity contribution is -0.126. The average molecular weight is 606 g/mol. The molecule has 1 aliphatic carbocycles. The Morgan fingerprint density at radius 1 is 1.05 bits per heavy atom. The predicted octanol–water partition coefficient (Wildman–Crippen LogP) is 3.27. The van der Waals surface area contributed by atoms with Gasteiger partial charge in [-0.25, -0.2) is 9.59 Å². The molecule has 4 N–H and O–H groups in total. The highest BCUT2D eigenvalue weighted by molar-refractivity contribution is 6.32. The molecule has 2 heterocycles. The van der Waals surface area contributed by atoms with E-state index in [0.29, 0.717) is 34.7 Å². The number of anilines is 2. The standard InChI is InChI=1S/C30H32ClN7O5/c1-16(2)38-25-8-7-21(10-23(25)28(41)37(30(38)43)13-17-3-4-17)35-29(42)36-14-19(26(33)39)9-20(15-36)27(40)34-22-6-5-18(12-32)24(31)11-22/h5-8,10-11,16-17,19-20H,3-4,9,13-15H2,1-2H3,(H2,33,39)(H,34,40)(H,35,42)/t19-,20+/m0/s1. The van der Waals surface area contributed by atoms with Gasteiger partial charge >= 0.3 is 11.7 Å². The van der Waals surface area contributed by atoms with Crippen molar-refractivity contribution in [2.75, 3.05) is 23.7 Å². The summed E-state index contributed by atoms with van der Waals surface area (Å²) in [5.74, 6) is -2.27. The minimum absolute atomic E-state index is 0.0140. The first-order valence-electron chi connectivity index (χ1n) is 14.1. The van der Waals surface area contributed by atoms with Gasteiger partial charge in [0.2, 0.25) is 11.8 Å². The number of fused-ring (bicyclic) bond motifs is 1. The van der Waals surface area contributed by atoms with E-state index in [2.05, 4.69) is 10.6 Å². The molecule has 1 saturated carbocycles. The van der Waals surface area contributed by atoms with Crippen molar-refractivity contribution in [1.82, 2.24) is 14.0 Å². The van der Waals surface area contributed by atoms with E-state index >= 15 is 0 Å². The largest absolute Gasteiger partial charge is 0.369 e. The maximum atomic E-state index is 13.4. The van der Waals surface area contributed by atoms with Gasteiger partial charge in [0.25, 0.3) is 5.56 Å². The van der Waals surface area contributed by atoms with Crippen LogP contribution in [0.1, 0.15) is 44.7 Å². The molecule has 1 saturated heterocycles. The van der Waals surface area contributed by atoms with Crippen LogP contribution in [0, 0.1) is 29.1 Å². The molecule has 0 bridgehead atoms. The smallest absolute Gasteiger partial charge is 0.331 e. The Bertz CT molecular complexity index is 1790. The van der Waals surface area contributed by atoms with Crippen LogP contribution in [0.25, 0.3) is 10.9 Å². The van der Waals surface area contributed by atoms with E-state index in [1.807, 2.05) is 19.9 Å². The monoisotopic (exact) mass is 605 g/mol. The number of halogens is 1. The molecule has 4 amide bonds. The van der Waals surface area contributed by atoms with E-state index in [-0.39, 0.29) is 41.8 Å². The number of urea groups is 1. The van der Waals surface area contributed by atoms with E-state index < -0.39 is 35.2 Å². The summed E-state index contributed by atoms with van der Waals surface area (Å²) in [7, 11) is 0. The van der Waals surface area contributed by atoms with Gasteiger partial charge in [-0.05, 0) is 75.4 Å². The highest BCUT2D eigenvalue weighted by atomic mass is 35.5. The van der Waals surface area contributed by atoms with E-state index in [1.54, 1.807) is 28.8 Å². The number of carbonyl (C=O) groups is 3. The van der Waals surface area contributed by atoms with Gasteiger partial charge in [0.05, 0.1) is 33.3 Å². The average Bonchev–Trinajstić information content (AvgIpc) is 3.79. The molecular formula is C30H32ClN7O5. The number of hydrogen-bond acceptors (Lipinski definition) is 6. The summed E-state index contributed by atoms with van der Waals surface area (Å²) < 4.78 is 2.86. The molecule has 3 aromatic rings. The number of aromatic nitrogens is 2. The fourth-order valence-electron chi connectivity index (χ4n) is 5.47. The number of nitrogens with one attached hydrogen (secondary N) is 2. The number of piperidine rings is 1. The number of benzene rings is 2. The van der Waals surface area contributed by atoms with Crippen LogP contribution < -0.4 is 27.6 Å². The van der Waals surface area contributed by atoms with Crippen LogP contribution in [0.4, 0.5) is 16.2 Å². The van der Waals surface area contributed by atoms with Crippen molar-refractivity contribution in [3.05, 3.63) is 67.8 Å². The van der Waals surface area contributed by atoms with Crippen LogP contribution in [0.15, 0.2) is 46.0 Å². The SMILES string of the molecule is CC(C)n1c(=O)n(CC2CC2)c(=O)c2cc(NC(=O)N3C[C@@H](C(N)=O)C[C@@H](C(=O)Nc4ccc(C#N)c(Cl)c4)C3)ccc21. The van der Waals surface area contributed by atoms with E-state index in [1.165, 1.54) is 21.6 Å². The van der Waals surface area contributed by atoms with Crippen LogP contribution in [-0.2, 0) is 16.1 Å². The van der Waals surface area contributed by atoms with Gasteiger partial charge in [-0.2, -0.15) is 5.26 Å². The fraction of sp³-hybridized carbons (Fsp3) is 0.400. The lowest BCUT2D eigenvalue weighted by atomic mass is 9.88. The lowest BCUT2D eigenvalue weighted by Crippen LogP contribution is -2.51. The van der Waals surface area contributed by atoms with E-state index in [9.17, 15) is 24.0 Å². The normalized spacial score (nSPS) is 18.3. The molecule has 5 rings (SSSR count). The van der Waals surface area contributed by atoms with Crippen LogP contribution in [-0.4, -0.2) is 45.0 Å². The first-order valence-corrected chi connectivity index (χ1v) is 14.5. The first-order chi connectivity index (χ1) is 20.5. The van der Waals surface area contributed by atoms with Crippen molar-refractivity contribution < 1.29 is 14.4 Å². The first kappa shape index (κ1) is 29.8. The Balaban J connectivity index is 1.38. The minimum atomic E-state index is -0.758. The Hall–Kier alpha value is -4.63. The third-order valence-corrected chi connectivity index (χ3v) is 8.25. The molecule has 0 unspecified atom stereocenters. The topological polar surface area (TPSA) is 172 Å². The van der Waals surface area contributed by atoms with Gasteiger partial charge in [0, 0.05) is 37.1 Å². The molecule has 2 atom stereocenters. The number of nitrogens with two attached hydrogens (primary N) is 1. The molecule has 2 aromatic carbocycles. The van der Waals surface area contributed by atoms with Gasteiger partial charge in [0.1, 0.15) is 6.07 Å². The maximum absolute atomic E-state index is 13.4. The zero-order valence-corrected chi connectivity index (χ0v) is 24.6. The second kappa shape index (κ2) is 11.9. The molecule has 43 heavy (non-hydrogen) atoms. The summed E-state index contributed by atoms with van der Waals surface area (Å²) >= 11 is 6.08. The number of likely N-dealkylation sites (tertiary alicyclic amines) is 1. The second-order valence-electron chi connectivity index (χ2n) is 11.5. The lowest BCUT2D eigenvalue weighted by Gasteiger charge is -2.35. The third kappa shape index (κ3) is 6.27. The van der Waals surface area contributed by atoms with Gasteiger partial charge < -0.3 is 21.3 Å². The third-order valence-electron chi connectivity index (χ3n) is 7.94. The number of rotatable bonds is 7. The molecule has 224 valence electrons. The number of hydrogen-bond donors (Lipinski definition) is 3. The molecule has 2 fully saturated rings. The number of primary amides is 1. The Labute approximate surface area is 252 Å². The maximum Gasteiger partial charge on any atom is 0.331 e. The minimum Gasteiger partial charge on any atom is -0.369 e. The van der Waals surface area contributed by atoms with Crippen molar-refractivity contribution in [3.63, 3.8) is 0 Å². The van der Waals surface area contributed by atoms with Crippen molar-refractivity contribution >= 4 is 51.7 Å². The molecule has 1 aromatic heterocycles. The molecule has 0 radical (unpaired) electrons. The summed E-state index contributed by atoms with van der Waals surface area (Å²) in [6.45, 7) is 4.13. The van der Waals surface area contributed by atoms with E-state index in [4.69, 9.17) is 22.6 Å². The predicted molar refractivity (Wildman–Crippen MR) is 162 cm³/mol. The van der Waals surface area contributed by atoms with Crippen LogP contribution in [0.2, 0.25) is 5.02 Å². The van der Waals surface area contributed by atoms with Crippen LogP contribution >= 0.6 is 11.6 Å². The van der Waals surface area contributed by atoms with Gasteiger partial charge in [-0.1, -0.05) is 11.6 Å². The Morgan fingerprint density at radius 2 is 1.72 bits per heavy atom. The van der Waals surface area contributed by atoms with E-state index in [0.717, 1.165) is 12.8 Å². The quantitative estimate of drug-likeness (QED) is 0.373. The molecule has 1 aliphatic heterocycles. The fourth-order valence-corrected chi connectivity index (χ4v) is 5.69. The molecule has 12 nitrogen and oxygen atoms in total. The molecule has 0 spiro atoms. The number of nitriles is 1. The van der Waals surface area contributed by atoms with Crippen molar-refractivity contribution in [1.29, 1.82) is 5.26 Å². The van der Waals surface area contributed by atoms with Gasteiger partial charge in [-0.15, -0.1) is 0 Å². The Morgan fingerprint density at radius 3 is 2.35 bits per heavy atom. The molecule has 13 heteroatoms. The summed E-state index contributed by atoms with van der Waals surface area (Å²) in [5, 5.41) is 15.1. The number of nitrogens with zero attached hydrogens (tertiary/aromatic N) is 4. The van der Waals surface area contributed by atoms with Gasteiger partial charge in [0.15, 0.2) is 0 Å². The highest BCUT2D eigenvalue weighted by Crippen LogP contribution is 2.30. The van der Waals surface area contributed by atoms with Gasteiger partial charge in [-0.3, -0.25) is 23.5 Å². The van der Waals surface area contributed by atoms with Crippen LogP contribution in [0.3, 0.4) is 0 Å². The van der Waals surface area contributed by atoms with Crippen LogP contribution in [0.5, 0.6) is 0 Å². The zero-order valence-electron chi connectivity index (χ0n) is 23.8. The molecular weight excluding hydrogens is 574 g/mol. The van der Waals surface area contributed by atoms with Crippen molar-refractivity contribution in [2.45, 2.75) is 45.7 Å². The summed E-state index contributed by atoms with van der Waals surface area (Å²) in [5.41, 5.74) is 6.26. The zero-order chi connectivity index (χ0) is 31.0. The number of carbonyl (C=O) groups excluding carboxylic acids is 3. The summed E-state index contributed by atoms with van der Waals surface area (Å²) in [6, 6.07) is 10.5. The summed E-state index contributed by atoms with van der Waals surface area (Å²) in [4.78, 5) is 66.6. The Kier molecular flexibility index (Phi) is 8.28. The van der Waals surface area contributed by atoms with Crippen molar-refractivity contribution in [2.24, 2.45) is 23.5 Å². The highest BCUT2D eigenvalue weighted by Gasteiger charge is 2.36. The molecule has 2 aliphatic rings. The summed E-state index contributed by atoms with van der Waals surface area (Å²) in [6.07, 6.45) is 2.10. The second-order valence-corrected chi connectivity index (χ2v) is 11.9. The number of amides is 4.